The number of benzene rings is 4. The highest BCUT2D eigenvalue weighted by atomic mass is 16.5. The largest absolute Gasteiger partial charge is 0.493 e. The topological polar surface area (TPSA) is 36.9 Å². The average molecular weight is 451 g/mol. The number of methoxy groups -OCH3 is 2. The van der Waals surface area contributed by atoms with Crippen LogP contribution in [-0.4, -0.2) is 14.2 Å². The molecule has 4 heteroatoms. The maximum Gasteiger partial charge on any atom is 0.169 e. The second-order valence-corrected chi connectivity index (χ2v) is 8.15. The van der Waals surface area contributed by atoms with Crippen molar-refractivity contribution < 1.29 is 18.9 Å². The minimum absolute atomic E-state index is 0.682. The third-order valence-corrected chi connectivity index (χ3v) is 5.85. The highest BCUT2D eigenvalue weighted by Gasteiger charge is 2.10. The van der Waals surface area contributed by atoms with Crippen molar-refractivity contribution in [2.45, 2.75) is 12.8 Å². The first kappa shape index (κ1) is 21.7. The molecule has 170 valence electrons. The molecular formula is C30H26O4. The summed E-state index contributed by atoms with van der Waals surface area (Å²) in [6.07, 6.45) is 5.91. The van der Waals surface area contributed by atoms with Gasteiger partial charge < -0.3 is 18.9 Å². The number of rotatable bonds is 2. The molecule has 4 aromatic rings. The lowest BCUT2D eigenvalue weighted by atomic mass is 10.0. The van der Waals surface area contributed by atoms with E-state index in [0.717, 1.165) is 35.5 Å². The molecule has 34 heavy (non-hydrogen) atoms. The quantitative estimate of drug-likeness (QED) is 0.316. The Bertz CT molecular complexity index is 1300. The Kier molecular flexibility index (Phi) is 6.21. The summed E-state index contributed by atoms with van der Waals surface area (Å²) in [5, 5.41) is 0. The molecule has 8 rings (SSSR count). The Hall–Kier alpha value is -4.18. The van der Waals surface area contributed by atoms with Gasteiger partial charge in [0.05, 0.1) is 14.2 Å². The van der Waals surface area contributed by atoms with Crippen molar-refractivity contribution in [1.82, 2.24) is 0 Å². The van der Waals surface area contributed by atoms with Crippen LogP contribution in [0.2, 0.25) is 0 Å². The van der Waals surface area contributed by atoms with Crippen molar-refractivity contribution in [1.29, 1.82) is 0 Å². The van der Waals surface area contributed by atoms with Gasteiger partial charge >= 0.3 is 0 Å². The van der Waals surface area contributed by atoms with Crippen molar-refractivity contribution in [3.63, 3.8) is 0 Å². The lowest BCUT2D eigenvalue weighted by Crippen LogP contribution is -1.96. The molecule has 0 aliphatic carbocycles. The zero-order valence-electron chi connectivity index (χ0n) is 19.3. The highest BCUT2D eigenvalue weighted by Crippen LogP contribution is 2.35. The molecule has 0 saturated heterocycles. The van der Waals surface area contributed by atoms with E-state index in [1.807, 2.05) is 60.7 Å². The molecule has 0 amide bonds. The van der Waals surface area contributed by atoms with Gasteiger partial charge in [0, 0.05) is 0 Å². The molecule has 4 heterocycles. The molecule has 0 spiro atoms. The molecule has 8 bridgehead atoms. The number of hydrogen-bond acceptors (Lipinski definition) is 4. The molecule has 0 aromatic heterocycles. The lowest BCUT2D eigenvalue weighted by Gasteiger charge is -2.13. The van der Waals surface area contributed by atoms with Crippen LogP contribution in [0.5, 0.6) is 34.5 Å². The summed E-state index contributed by atoms with van der Waals surface area (Å²) in [7, 11) is 3.31. The summed E-state index contributed by atoms with van der Waals surface area (Å²) < 4.78 is 23.4. The molecule has 0 saturated carbocycles. The fraction of sp³-hybridized carbons (Fsp3) is 0.133. The Labute approximate surface area is 200 Å². The first-order valence-corrected chi connectivity index (χ1v) is 11.3. The zero-order chi connectivity index (χ0) is 23.3. The van der Waals surface area contributed by atoms with Crippen molar-refractivity contribution >= 4 is 12.2 Å². The zero-order valence-corrected chi connectivity index (χ0v) is 19.3. The summed E-state index contributed by atoms with van der Waals surface area (Å²) in [6, 6.07) is 28.2. The van der Waals surface area contributed by atoms with Crippen molar-refractivity contribution in [3.05, 3.63) is 107 Å². The summed E-state index contributed by atoms with van der Waals surface area (Å²) >= 11 is 0. The Morgan fingerprint density at radius 3 is 1.71 bits per heavy atom. The predicted octanol–water partition coefficient (Wildman–Crippen LogP) is 7.56. The SMILES string of the molecule is COc1ccc2cc1Oc1ccc(cc1)CCc1ccc(OC)c(c1)Oc1ccc(cc1)/C=C/2. The highest BCUT2D eigenvalue weighted by molar-refractivity contribution is 5.71. The molecule has 4 aliphatic heterocycles. The van der Waals surface area contributed by atoms with Crippen molar-refractivity contribution in [2.75, 3.05) is 14.2 Å². The minimum Gasteiger partial charge on any atom is -0.493 e. The van der Waals surface area contributed by atoms with E-state index in [0.29, 0.717) is 23.0 Å². The third-order valence-electron chi connectivity index (χ3n) is 5.85. The lowest BCUT2D eigenvalue weighted by molar-refractivity contribution is 0.378. The van der Waals surface area contributed by atoms with Crippen LogP contribution in [0.1, 0.15) is 22.3 Å². The molecule has 0 unspecified atom stereocenters. The van der Waals surface area contributed by atoms with E-state index < -0.39 is 0 Å². The van der Waals surface area contributed by atoms with E-state index in [1.165, 1.54) is 11.1 Å². The van der Waals surface area contributed by atoms with E-state index in [-0.39, 0.29) is 0 Å². The molecule has 0 fully saturated rings. The Balaban J connectivity index is 1.54. The van der Waals surface area contributed by atoms with Crippen LogP contribution in [0.15, 0.2) is 84.9 Å². The Morgan fingerprint density at radius 2 is 1.03 bits per heavy atom. The van der Waals surface area contributed by atoms with Gasteiger partial charge in [-0.15, -0.1) is 0 Å². The second kappa shape index (κ2) is 9.75. The molecular weight excluding hydrogens is 424 g/mol. The summed E-state index contributed by atoms with van der Waals surface area (Å²) in [5.74, 6) is 4.34. The van der Waals surface area contributed by atoms with Crippen LogP contribution in [0, 0.1) is 0 Å². The van der Waals surface area contributed by atoms with Gasteiger partial charge in [-0.05, 0) is 83.6 Å². The van der Waals surface area contributed by atoms with Crippen LogP contribution in [-0.2, 0) is 12.8 Å². The van der Waals surface area contributed by atoms with Crippen LogP contribution in [0.4, 0.5) is 0 Å². The van der Waals surface area contributed by atoms with Crippen LogP contribution in [0.25, 0.3) is 12.2 Å². The van der Waals surface area contributed by atoms with E-state index in [9.17, 15) is 0 Å². The fourth-order valence-corrected chi connectivity index (χ4v) is 3.94. The van der Waals surface area contributed by atoms with Crippen LogP contribution < -0.4 is 18.9 Å². The number of aryl methyl sites for hydroxylation is 2. The van der Waals surface area contributed by atoms with Crippen molar-refractivity contribution in [2.24, 2.45) is 0 Å². The standard InChI is InChI=1S/C30H26O4/c1-31-27-17-11-23-5-3-21-9-15-26(16-10-21)34-30-20-24(12-18-28(30)32-2)6-4-22-7-13-25(14-8-22)33-29(27)19-23/h3,5,7-20H,4,6H2,1-2H3/b5-3+. The molecule has 4 aromatic carbocycles. The van der Waals surface area contributed by atoms with E-state index >= 15 is 0 Å². The van der Waals surface area contributed by atoms with Gasteiger partial charge in [0.15, 0.2) is 23.0 Å². The van der Waals surface area contributed by atoms with Gasteiger partial charge in [0.1, 0.15) is 11.5 Å². The number of hydrogen-bond donors (Lipinski definition) is 0. The average Bonchev–Trinajstić information content (AvgIpc) is 2.88. The molecule has 0 atom stereocenters. The smallest absolute Gasteiger partial charge is 0.169 e. The first-order chi connectivity index (χ1) is 16.7. The van der Waals surface area contributed by atoms with E-state index in [2.05, 4.69) is 36.4 Å². The molecule has 4 aliphatic rings. The maximum atomic E-state index is 6.18. The number of ether oxygens (including phenoxy) is 4. The monoisotopic (exact) mass is 450 g/mol. The van der Waals surface area contributed by atoms with Crippen LogP contribution in [0.3, 0.4) is 0 Å². The van der Waals surface area contributed by atoms with E-state index in [4.69, 9.17) is 18.9 Å². The maximum absolute atomic E-state index is 6.18. The molecule has 4 nitrogen and oxygen atoms in total. The summed E-state index contributed by atoms with van der Waals surface area (Å²) in [5.41, 5.74) is 4.51. The predicted molar refractivity (Wildman–Crippen MR) is 135 cm³/mol. The van der Waals surface area contributed by atoms with Crippen molar-refractivity contribution in [3.8, 4) is 34.5 Å². The van der Waals surface area contributed by atoms with Crippen LogP contribution >= 0.6 is 0 Å². The minimum atomic E-state index is 0.682. The van der Waals surface area contributed by atoms with Gasteiger partial charge in [-0.25, -0.2) is 0 Å². The summed E-state index contributed by atoms with van der Waals surface area (Å²) in [6.45, 7) is 0. The summed E-state index contributed by atoms with van der Waals surface area (Å²) in [4.78, 5) is 0. The Morgan fingerprint density at radius 1 is 0.529 bits per heavy atom. The van der Waals surface area contributed by atoms with Gasteiger partial charge in [-0.2, -0.15) is 0 Å². The van der Waals surface area contributed by atoms with Gasteiger partial charge in [0.2, 0.25) is 0 Å². The first-order valence-electron chi connectivity index (χ1n) is 11.3. The molecule has 0 radical (unpaired) electrons. The normalized spacial score (nSPS) is 13.5. The molecule has 0 N–H and O–H groups in total. The van der Waals surface area contributed by atoms with Gasteiger partial charge in [-0.1, -0.05) is 48.6 Å². The third kappa shape index (κ3) is 4.91. The second-order valence-electron chi connectivity index (χ2n) is 8.15. The van der Waals surface area contributed by atoms with Gasteiger partial charge in [0.25, 0.3) is 0 Å². The van der Waals surface area contributed by atoms with Gasteiger partial charge in [-0.3, -0.25) is 0 Å². The van der Waals surface area contributed by atoms with E-state index in [1.54, 1.807) is 14.2 Å². The fourth-order valence-electron chi connectivity index (χ4n) is 3.94.